The second kappa shape index (κ2) is 4.12. The molecule has 4 heteroatoms. The molecule has 0 aliphatic carbocycles. The maximum absolute atomic E-state index is 5.30. The maximum Gasteiger partial charge on any atom is 0.129 e. The smallest absolute Gasteiger partial charge is 0.129 e. The predicted molar refractivity (Wildman–Crippen MR) is 40.4 cm³/mol. The van der Waals surface area contributed by atoms with Crippen molar-refractivity contribution in [1.29, 1.82) is 0 Å². The lowest BCUT2D eigenvalue weighted by molar-refractivity contribution is 0.162. The van der Waals surface area contributed by atoms with Gasteiger partial charge in [0.05, 0.1) is 6.54 Å². The zero-order valence-electron chi connectivity index (χ0n) is 6.46. The average Bonchev–Trinajstić information content (AvgIpc) is 2.38. The second-order valence-corrected chi connectivity index (χ2v) is 2.18. The number of ether oxygens (including phenoxy) is 1. The molecule has 62 valence electrons. The summed E-state index contributed by atoms with van der Waals surface area (Å²) >= 11 is 0. The van der Waals surface area contributed by atoms with Crippen LogP contribution in [0.1, 0.15) is 11.5 Å². The van der Waals surface area contributed by atoms with E-state index in [4.69, 9.17) is 15.0 Å². The topological polar surface area (TPSA) is 60.4 Å². The molecule has 11 heavy (non-hydrogen) atoms. The molecule has 0 atom stereocenters. The van der Waals surface area contributed by atoms with Gasteiger partial charge in [-0.3, -0.25) is 11.3 Å². The molecule has 0 spiro atoms. The molecule has 0 saturated carbocycles. The van der Waals surface area contributed by atoms with Crippen LogP contribution in [0.3, 0.4) is 0 Å². The fourth-order valence-electron chi connectivity index (χ4n) is 0.838. The molecule has 0 aliphatic rings. The largest absolute Gasteiger partial charge is 0.462 e. The Morgan fingerprint density at radius 2 is 2.27 bits per heavy atom. The first-order valence-electron chi connectivity index (χ1n) is 3.37. The number of hydrazine groups is 1. The lowest BCUT2D eigenvalue weighted by Gasteiger charge is -1.94. The van der Waals surface area contributed by atoms with Crippen molar-refractivity contribution in [2.75, 3.05) is 7.11 Å². The van der Waals surface area contributed by atoms with Crippen LogP contribution in [-0.4, -0.2) is 7.11 Å². The minimum atomic E-state index is 0.505. The molecule has 1 aromatic rings. The van der Waals surface area contributed by atoms with Gasteiger partial charge in [0.25, 0.3) is 0 Å². The van der Waals surface area contributed by atoms with Crippen LogP contribution >= 0.6 is 0 Å². The molecule has 0 radical (unpaired) electrons. The van der Waals surface area contributed by atoms with E-state index in [1.54, 1.807) is 7.11 Å². The van der Waals surface area contributed by atoms with Crippen LogP contribution in [0.5, 0.6) is 0 Å². The Morgan fingerprint density at radius 3 is 2.91 bits per heavy atom. The van der Waals surface area contributed by atoms with Gasteiger partial charge in [-0.2, -0.15) is 0 Å². The van der Waals surface area contributed by atoms with E-state index in [2.05, 4.69) is 5.43 Å². The van der Waals surface area contributed by atoms with Crippen molar-refractivity contribution in [2.24, 2.45) is 5.84 Å². The van der Waals surface area contributed by atoms with Gasteiger partial charge in [0.1, 0.15) is 18.1 Å². The summed E-state index contributed by atoms with van der Waals surface area (Å²) in [5, 5.41) is 0. The number of rotatable bonds is 4. The summed E-state index contributed by atoms with van der Waals surface area (Å²) in [5.74, 6) is 6.74. The Labute approximate surface area is 65.3 Å². The van der Waals surface area contributed by atoms with Crippen LogP contribution in [0.25, 0.3) is 0 Å². The van der Waals surface area contributed by atoms with Crippen molar-refractivity contribution < 1.29 is 9.15 Å². The highest BCUT2D eigenvalue weighted by Gasteiger charge is 1.99. The number of nitrogens with one attached hydrogen (secondary N) is 1. The third-order valence-electron chi connectivity index (χ3n) is 1.28. The number of methoxy groups -OCH3 is 1. The van der Waals surface area contributed by atoms with Crippen molar-refractivity contribution >= 4 is 0 Å². The number of hydrogen-bond donors (Lipinski definition) is 2. The molecular weight excluding hydrogens is 144 g/mol. The molecule has 4 nitrogen and oxygen atoms in total. The Kier molecular flexibility index (Phi) is 3.10. The van der Waals surface area contributed by atoms with Gasteiger partial charge in [-0.15, -0.1) is 0 Å². The summed E-state index contributed by atoms with van der Waals surface area (Å²) in [5.41, 5.74) is 2.50. The van der Waals surface area contributed by atoms with Gasteiger partial charge in [-0.1, -0.05) is 0 Å². The van der Waals surface area contributed by atoms with Gasteiger partial charge in [0.2, 0.25) is 0 Å². The van der Waals surface area contributed by atoms with Gasteiger partial charge in [0, 0.05) is 7.11 Å². The van der Waals surface area contributed by atoms with E-state index in [1.165, 1.54) is 0 Å². The van der Waals surface area contributed by atoms with E-state index in [0.29, 0.717) is 13.2 Å². The summed E-state index contributed by atoms with van der Waals surface area (Å²) < 4.78 is 10.2. The molecule has 0 amide bonds. The van der Waals surface area contributed by atoms with E-state index < -0.39 is 0 Å². The van der Waals surface area contributed by atoms with Gasteiger partial charge < -0.3 is 9.15 Å². The zero-order chi connectivity index (χ0) is 8.10. The minimum Gasteiger partial charge on any atom is -0.462 e. The lowest BCUT2D eigenvalue weighted by Crippen LogP contribution is -2.20. The van der Waals surface area contributed by atoms with Crippen LogP contribution in [0, 0.1) is 0 Å². The number of hydrogen-bond acceptors (Lipinski definition) is 4. The molecule has 0 saturated heterocycles. The van der Waals surface area contributed by atoms with E-state index in [1.807, 2.05) is 12.1 Å². The number of furan rings is 1. The highest BCUT2D eigenvalue weighted by atomic mass is 16.5. The first-order chi connectivity index (χ1) is 5.36. The Bertz CT molecular complexity index is 189. The van der Waals surface area contributed by atoms with E-state index in [-0.39, 0.29) is 0 Å². The molecule has 1 heterocycles. The van der Waals surface area contributed by atoms with Crippen LogP contribution in [0.2, 0.25) is 0 Å². The second-order valence-electron chi connectivity index (χ2n) is 2.18. The normalized spacial score (nSPS) is 10.4. The quantitative estimate of drug-likeness (QED) is 0.489. The van der Waals surface area contributed by atoms with Crippen molar-refractivity contribution in [3.8, 4) is 0 Å². The fraction of sp³-hybridized carbons (Fsp3) is 0.429. The van der Waals surface area contributed by atoms with E-state index in [9.17, 15) is 0 Å². The maximum atomic E-state index is 5.30. The fourth-order valence-corrected chi connectivity index (χ4v) is 0.838. The summed E-state index contributed by atoms with van der Waals surface area (Å²) in [6.45, 7) is 1.05. The molecule has 0 aromatic carbocycles. The van der Waals surface area contributed by atoms with Gasteiger partial charge in [-0.05, 0) is 12.1 Å². The third-order valence-corrected chi connectivity index (χ3v) is 1.28. The molecule has 0 unspecified atom stereocenters. The monoisotopic (exact) mass is 156 g/mol. The standard InChI is InChI=1S/C7H12N2O2/c1-10-5-7-3-2-6(11-7)4-9-8/h2-3,9H,4-5,8H2,1H3. The Balaban J connectivity index is 2.51. The highest BCUT2D eigenvalue weighted by molar-refractivity contribution is 5.05. The summed E-state index contributed by atoms with van der Waals surface area (Å²) in [6.07, 6.45) is 0. The summed E-state index contributed by atoms with van der Waals surface area (Å²) in [4.78, 5) is 0. The molecule has 3 N–H and O–H groups in total. The SMILES string of the molecule is COCc1ccc(CNN)o1. The minimum absolute atomic E-state index is 0.505. The molecule has 0 aliphatic heterocycles. The van der Waals surface area contributed by atoms with E-state index >= 15 is 0 Å². The molecule has 1 rings (SSSR count). The molecule has 1 aromatic heterocycles. The molecule has 0 fully saturated rings. The van der Waals surface area contributed by atoms with Gasteiger partial charge in [-0.25, -0.2) is 0 Å². The Hall–Kier alpha value is -0.840. The van der Waals surface area contributed by atoms with Crippen LogP contribution in [-0.2, 0) is 17.9 Å². The third kappa shape index (κ3) is 2.34. The van der Waals surface area contributed by atoms with Crippen molar-refractivity contribution in [3.05, 3.63) is 23.7 Å². The van der Waals surface area contributed by atoms with Crippen LogP contribution in [0.15, 0.2) is 16.5 Å². The lowest BCUT2D eigenvalue weighted by atomic mass is 10.4. The first-order valence-corrected chi connectivity index (χ1v) is 3.37. The van der Waals surface area contributed by atoms with Crippen molar-refractivity contribution in [3.63, 3.8) is 0 Å². The van der Waals surface area contributed by atoms with E-state index in [0.717, 1.165) is 11.5 Å². The Morgan fingerprint density at radius 1 is 1.55 bits per heavy atom. The summed E-state index contributed by atoms with van der Waals surface area (Å²) in [7, 11) is 1.63. The van der Waals surface area contributed by atoms with Crippen LogP contribution < -0.4 is 11.3 Å². The molecular formula is C7H12N2O2. The van der Waals surface area contributed by atoms with Gasteiger partial charge >= 0.3 is 0 Å². The average molecular weight is 156 g/mol. The predicted octanol–water partition coefficient (Wildman–Crippen LogP) is 0.389. The highest BCUT2D eigenvalue weighted by Crippen LogP contribution is 2.07. The molecule has 0 bridgehead atoms. The zero-order valence-corrected chi connectivity index (χ0v) is 6.46. The van der Waals surface area contributed by atoms with Crippen LogP contribution in [0.4, 0.5) is 0 Å². The van der Waals surface area contributed by atoms with Crippen molar-refractivity contribution in [2.45, 2.75) is 13.2 Å². The number of nitrogens with two attached hydrogens (primary N) is 1. The first kappa shape index (κ1) is 8.26. The van der Waals surface area contributed by atoms with Gasteiger partial charge in [0.15, 0.2) is 0 Å². The van der Waals surface area contributed by atoms with Crippen molar-refractivity contribution in [1.82, 2.24) is 5.43 Å². The summed E-state index contributed by atoms with van der Waals surface area (Å²) in [6, 6.07) is 3.74.